The van der Waals surface area contributed by atoms with E-state index < -0.39 is 0 Å². The van der Waals surface area contributed by atoms with Crippen LogP contribution in [0.5, 0.6) is 0 Å². The number of nitrogens with zero attached hydrogens (tertiary/aromatic N) is 2. The van der Waals surface area contributed by atoms with Crippen LogP contribution < -0.4 is 0 Å². The predicted octanol–water partition coefficient (Wildman–Crippen LogP) is 3.57. The Balaban J connectivity index is 1.59. The first-order valence-electron chi connectivity index (χ1n) is 8.17. The summed E-state index contributed by atoms with van der Waals surface area (Å²) in [7, 11) is 0. The Morgan fingerprint density at radius 1 is 1.08 bits per heavy atom. The fourth-order valence-electron chi connectivity index (χ4n) is 3.45. The highest BCUT2D eigenvalue weighted by atomic mass is 32.1. The quantitative estimate of drug-likeness (QED) is 0.635. The van der Waals surface area contributed by atoms with Crippen molar-refractivity contribution in [3.63, 3.8) is 0 Å². The third-order valence-corrected chi connectivity index (χ3v) is 6.01. The molecule has 1 fully saturated rings. The van der Waals surface area contributed by atoms with Crippen LogP contribution in [-0.2, 0) is 16.1 Å². The first-order chi connectivity index (χ1) is 11.6. The molecule has 122 valence electrons. The molecular formula is C19H18N2O2S. The summed E-state index contributed by atoms with van der Waals surface area (Å²) >= 11 is 1.56. The van der Waals surface area contributed by atoms with E-state index in [1.165, 1.54) is 4.90 Å². The molecule has 0 N–H and O–H groups in total. The van der Waals surface area contributed by atoms with Crippen LogP contribution in [0, 0.1) is 18.8 Å². The molecule has 2 aliphatic rings. The maximum atomic E-state index is 12.6. The second kappa shape index (κ2) is 5.98. The minimum atomic E-state index is -0.163. The van der Waals surface area contributed by atoms with Crippen molar-refractivity contribution in [1.82, 2.24) is 9.88 Å². The Morgan fingerprint density at radius 3 is 2.33 bits per heavy atom. The molecule has 24 heavy (non-hydrogen) atoms. The van der Waals surface area contributed by atoms with Gasteiger partial charge in [0, 0.05) is 10.4 Å². The van der Waals surface area contributed by atoms with Gasteiger partial charge in [-0.05, 0) is 19.8 Å². The molecule has 0 unspecified atom stereocenters. The van der Waals surface area contributed by atoms with Gasteiger partial charge >= 0.3 is 0 Å². The Hall–Kier alpha value is -2.27. The van der Waals surface area contributed by atoms with Crippen LogP contribution in [0.1, 0.15) is 23.4 Å². The molecule has 4 rings (SSSR count). The molecule has 5 heteroatoms. The summed E-state index contributed by atoms with van der Waals surface area (Å²) in [5, 5.41) is 0.932. The van der Waals surface area contributed by atoms with Crippen molar-refractivity contribution in [1.29, 1.82) is 0 Å². The lowest BCUT2D eigenvalue weighted by Gasteiger charge is -2.14. The lowest BCUT2D eigenvalue weighted by molar-refractivity contribution is -0.140. The van der Waals surface area contributed by atoms with Gasteiger partial charge in [-0.3, -0.25) is 14.5 Å². The largest absolute Gasteiger partial charge is 0.277 e. The first-order valence-corrected chi connectivity index (χ1v) is 8.98. The van der Waals surface area contributed by atoms with E-state index >= 15 is 0 Å². The molecule has 0 radical (unpaired) electrons. The van der Waals surface area contributed by atoms with E-state index in [4.69, 9.17) is 0 Å². The lowest BCUT2D eigenvalue weighted by Crippen LogP contribution is -2.30. The van der Waals surface area contributed by atoms with Gasteiger partial charge in [-0.25, -0.2) is 4.98 Å². The molecule has 1 saturated heterocycles. The number of carbonyl (C=O) groups excluding carboxylic acids is 2. The molecule has 1 aliphatic carbocycles. The zero-order valence-electron chi connectivity index (χ0n) is 13.4. The number of benzene rings is 1. The highest BCUT2D eigenvalue weighted by molar-refractivity contribution is 7.15. The van der Waals surface area contributed by atoms with Gasteiger partial charge in [0.1, 0.15) is 5.01 Å². The van der Waals surface area contributed by atoms with Crippen molar-refractivity contribution in [2.24, 2.45) is 11.8 Å². The first kappa shape index (κ1) is 15.3. The number of thiazole rings is 1. The Labute approximate surface area is 144 Å². The van der Waals surface area contributed by atoms with Crippen molar-refractivity contribution < 1.29 is 9.59 Å². The maximum Gasteiger partial charge on any atom is 0.233 e. The molecular weight excluding hydrogens is 320 g/mol. The van der Waals surface area contributed by atoms with E-state index in [1.54, 1.807) is 11.3 Å². The average molecular weight is 338 g/mol. The van der Waals surface area contributed by atoms with Gasteiger partial charge in [-0.15, -0.1) is 11.3 Å². The number of aromatic nitrogens is 1. The van der Waals surface area contributed by atoms with E-state index in [-0.39, 0.29) is 23.7 Å². The fourth-order valence-corrected chi connectivity index (χ4v) is 4.50. The number of amides is 2. The van der Waals surface area contributed by atoms with E-state index in [9.17, 15) is 9.59 Å². The number of carbonyl (C=O) groups is 2. The Bertz CT molecular complexity index is 799. The number of fused-ring (bicyclic) bond motifs is 1. The number of rotatable bonds is 3. The van der Waals surface area contributed by atoms with E-state index in [0.29, 0.717) is 19.4 Å². The van der Waals surface area contributed by atoms with Crippen LogP contribution >= 0.6 is 11.3 Å². The monoisotopic (exact) mass is 338 g/mol. The van der Waals surface area contributed by atoms with Gasteiger partial charge in [0.15, 0.2) is 0 Å². The Kier molecular flexibility index (Phi) is 3.81. The van der Waals surface area contributed by atoms with Crippen LogP contribution in [0.2, 0.25) is 0 Å². The lowest BCUT2D eigenvalue weighted by atomic mass is 9.85. The van der Waals surface area contributed by atoms with Crippen LogP contribution in [-0.4, -0.2) is 21.7 Å². The minimum Gasteiger partial charge on any atom is -0.277 e. The molecule has 0 spiro atoms. The van der Waals surface area contributed by atoms with Gasteiger partial charge in [0.2, 0.25) is 11.8 Å². The highest BCUT2D eigenvalue weighted by Crippen LogP contribution is 2.37. The van der Waals surface area contributed by atoms with Crippen LogP contribution in [0.25, 0.3) is 10.6 Å². The maximum absolute atomic E-state index is 12.6. The molecule has 2 aromatic rings. The SMILES string of the molecule is Cc1nc(-c2ccccc2)sc1CN1C(=O)[C@H]2CC=CC[C@H]2C1=O. The summed E-state index contributed by atoms with van der Waals surface area (Å²) in [6, 6.07) is 9.99. The number of aryl methyl sites for hydroxylation is 1. The summed E-state index contributed by atoms with van der Waals surface area (Å²) < 4.78 is 0. The smallest absolute Gasteiger partial charge is 0.233 e. The molecule has 1 aromatic carbocycles. The summed E-state index contributed by atoms with van der Waals surface area (Å²) in [4.78, 5) is 32.2. The molecule has 2 atom stereocenters. The summed E-state index contributed by atoms with van der Waals surface area (Å²) in [5.41, 5.74) is 1.96. The number of likely N-dealkylation sites (tertiary alicyclic amines) is 1. The molecule has 0 saturated carbocycles. The number of hydrogen-bond donors (Lipinski definition) is 0. The van der Waals surface area contributed by atoms with Gasteiger partial charge in [-0.2, -0.15) is 0 Å². The highest BCUT2D eigenvalue weighted by Gasteiger charge is 2.47. The zero-order chi connectivity index (χ0) is 16.7. The fraction of sp³-hybridized carbons (Fsp3) is 0.316. The third kappa shape index (κ3) is 2.49. The summed E-state index contributed by atoms with van der Waals surface area (Å²) in [5.74, 6) is -0.375. The van der Waals surface area contributed by atoms with Crippen LogP contribution in [0.4, 0.5) is 0 Å². The second-order valence-corrected chi connectivity index (χ2v) is 7.40. The summed E-state index contributed by atoms with van der Waals surface area (Å²) in [6.07, 6.45) is 5.40. The number of allylic oxidation sites excluding steroid dienone is 2. The van der Waals surface area contributed by atoms with Crippen molar-refractivity contribution in [3.8, 4) is 10.6 Å². The second-order valence-electron chi connectivity index (χ2n) is 6.31. The van der Waals surface area contributed by atoms with Crippen molar-refractivity contribution in [2.45, 2.75) is 26.3 Å². The van der Waals surface area contributed by atoms with Crippen molar-refractivity contribution in [2.75, 3.05) is 0 Å². The van der Waals surface area contributed by atoms with Gasteiger partial charge in [0.25, 0.3) is 0 Å². The topological polar surface area (TPSA) is 50.3 Å². The number of hydrogen-bond acceptors (Lipinski definition) is 4. The van der Waals surface area contributed by atoms with E-state index in [2.05, 4.69) is 4.98 Å². The molecule has 2 amide bonds. The van der Waals surface area contributed by atoms with E-state index in [1.807, 2.05) is 49.4 Å². The van der Waals surface area contributed by atoms with Crippen molar-refractivity contribution in [3.05, 3.63) is 53.1 Å². The third-order valence-electron chi connectivity index (χ3n) is 4.81. The number of imide groups is 1. The Morgan fingerprint density at radius 2 is 1.71 bits per heavy atom. The molecule has 4 nitrogen and oxygen atoms in total. The minimum absolute atomic E-state index is 0.0246. The van der Waals surface area contributed by atoms with E-state index in [0.717, 1.165) is 21.1 Å². The molecule has 1 aliphatic heterocycles. The van der Waals surface area contributed by atoms with Gasteiger partial charge in [-0.1, -0.05) is 42.5 Å². The predicted molar refractivity (Wildman–Crippen MR) is 93.2 cm³/mol. The van der Waals surface area contributed by atoms with Crippen molar-refractivity contribution >= 4 is 23.2 Å². The standard InChI is InChI=1S/C19H18N2O2S/c1-12-16(24-17(20-12)13-7-3-2-4-8-13)11-21-18(22)14-9-5-6-10-15(14)19(21)23/h2-8,14-15H,9-11H2,1H3/t14-,15+. The molecule has 0 bridgehead atoms. The normalized spacial score (nSPS) is 23.0. The summed E-state index contributed by atoms with van der Waals surface area (Å²) in [6.45, 7) is 2.29. The molecule has 1 aromatic heterocycles. The molecule has 2 heterocycles. The average Bonchev–Trinajstić information content (AvgIpc) is 3.10. The van der Waals surface area contributed by atoms with Gasteiger partial charge < -0.3 is 0 Å². The van der Waals surface area contributed by atoms with Gasteiger partial charge in [0.05, 0.1) is 24.1 Å². The van der Waals surface area contributed by atoms with Crippen LogP contribution in [0.3, 0.4) is 0 Å². The van der Waals surface area contributed by atoms with Crippen LogP contribution in [0.15, 0.2) is 42.5 Å². The zero-order valence-corrected chi connectivity index (χ0v) is 14.3.